The molecular formula is C21H16F2N2O3S. The van der Waals surface area contributed by atoms with E-state index in [1.165, 1.54) is 17.8 Å². The van der Waals surface area contributed by atoms with E-state index in [0.29, 0.717) is 18.1 Å². The van der Waals surface area contributed by atoms with E-state index in [2.05, 4.69) is 5.32 Å². The molecule has 3 aromatic rings. The second-order valence-corrected chi connectivity index (χ2v) is 7.51. The van der Waals surface area contributed by atoms with Gasteiger partial charge in [-0.3, -0.25) is 9.59 Å². The van der Waals surface area contributed by atoms with Gasteiger partial charge >= 0.3 is 0 Å². The van der Waals surface area contributed by atoms with Gasteiger partial charge in [-0.2, -0.15) is 0 Å². The molecule has 0 aliphatic carbocycles. The topological polar surface area (TPSA) is 62.6 Å². The van der Waals surface area contributed by atoms with Crippen molar-refractivity contribution in [3.05, 3.63) is 89.4 Å². The summed E-state index contributed by atoms with van der Waals surface area (Å²) in [6, 6.07) is 13.6. The van der Waals surface area contributed by atoms with E-state index < -0.39 is 23.2 Å². The predicted molar refractivity (Wildman–Crippen MR) is 105 cm³/mol. The average Bonchev–Trinajstić information content (AvgIpc) is 3.36. The van der Waals surface area contributed by atoms with Crippen LogP contribution in [-0.2, 0) is 11.3 Å². The highest BCUT2D eigenvalue weighted by atomic mass is 32.2. The minimum atomic E-state index is -0.843. The molecule has 0 spiro atoms. The lowest BCUT2D eigenvalue weighted by molar-refractivity contribution is -0.128. The minimum Gasteiger partial charge on any atom is -0.467 e. The molecule has 1 saturated heterocycles. The largest absolute Gasteiger partial charge is 0.467 e. The number of anilines is 1. The molecule has 4 rings (SSSR count). The molecule has 1 atom stereocenters. The molecule has 148 valence electrons. The van der Waals surface area contributed by atoms with Gasteiger partial charge in [0.15, 0.2) is 0 Å². The van der Waals surface area contributed by atoms with Gasteiger partial charge in [0.05, 0.1) is 18.6 Å². The van der Waals surface area contributed by atoms with E-state index in [9.17, 15) is 18.4 Å². The first kappa shape index (κ1) is 19.2. The Labute approximate surface area is 169 Å². The lowest BCUT2D eigenvalue weighted by atomic mass is 10.1. The quantitative estimate of drug-likeness (QED) is 0.664. The first-order valence-electron chi connectivity index (χ1n) is 8.81. The van der Waals surface area contributed by atoms with E-state index in [4.69, 9.17) is 4.42 Å². The standard InChI is InChI=1S/C21H16F2N2O3S/c22-16-4-1-5-17(23)19(16)24-20(27)13-6-8-14(9-7-13)21-25(18(26)12-29-21)11-15-3-2-10-28-15/h1-10,21H,11-12H2,(H,24,27)/t21-/m0/s1. The van der Waals surface area contributed by atoms with Crippen LogP contribution in [0.1, 0.15) is 27.1 Å². The zero-order valence-corrected chi connectivity index (χ0v) is 15.9. The summed E-state index contributed by atoms with van der Waals surface area (Å²) in [5.41, 5.74) is 0.618. The monoisotopic (exact) mass is 414 g/mol. The molecule has 5 nitrogen and oxygen atoms in total. The molecule has 1 aliphatic heterocycles. The van der Waals surface area contributed by atoms with E-state index in [1.54, 1.807) is 41.5 Å². The molecule has 0 radical (unpaired) electrons. The van der Waals surface area contributed by atoms with E-state index >= 15 is 0 Å². The van der Waals surface area contributed by atoms with Gasteiger partial charge in [0.1, 0.15) is 28.5 Å². The average molecular weight is 414 g/mol. The Morgan fingerprint density at radius 1 is 1.10 bits per heavy atom. The normalized spacial score (nSPS) is 16.3. The van der Waals surface area contributed by atoms with Crippen molar-refractivity contribution in [2.24, 2.45) is 0 Å². The Morgan fingerprint density at radius 3 is 2.48 bits per heavy atom. The highest BCUT2D eigenvalue weighted by Crippen LogP contribution is 2.39. The Kier molecular flexibility index (Phi) is 5.35. The minimum absolute atomic E-state index is 0.00764. The van der Waals surface area contributed by atoms with Crippen molar-refractivity contribution in [1.82, 2.24) is 4.90 Å². The number of thioether (sulfide) groups is 1. The van der Waals surface area contributed by atoms with Crippen LogP contribution in [0.25, 0.3) is 0 Å². The third-order valence-corrected chi connectivity index (χ3v) is 5.79. The molecule has 2 aromatic carbocycles. The van der Waals surface area contributed by atoms with Gasteiger partial charge in [0.2, 0.25) is 5.91 Å². The van der Waals surface area contributed by atoms with Crippen LogP contribution in [0.2, 0.25) is 0 Å². The first-order valence-corrected chi connectivity index (χ1v) is 9.86. The maximum Gasteiger partial charge on any atom is 0.255 e. The highest BCUT2D eigenvalue weighted by Gasteiger charge is 2.33. The zero-order chi connectivity index (χ0) is 20.4. The Morgan fingerprint density at radius 2 is 1.83 bits per heavy atom. The summed E-state index contributed by atoms with van der Waals surface area (Å²) in [5, 5.41) is 2.06. The molecule has 0 unspecified atom stereocenters. The van der Waals surface area contributed by atoms with E-state index in [-0.39, 0.29) is 16.8 Å². The Balaban J connectivity index is 1.50. The molecule has 8 heteroatoms. The third kappa shape index (κ3) is 4.02. The number of hydrogen-bond acceptors (Lipinski definition) is 4. The molecular weight excluding hydrogens is 398 g/mol. The summed E-state index contributed by atoms with van der Waals surface area (Å²) in [5.74, 6) is -1.25. The molecule has 2 amide bonds. The maximum absolute atomic E-state index is 13.7. The molecule has 0 bridgehead atoms. The van der Waals surface area contributed by atoms with Crippen molar-refractivity contribution in [3.8, 4) is 0 Å². The van der Waals surface area contributed by atoms with Crippen molar-refractivity contribution in [2.75, 3.05) is 11.1 Å². The van der Waals surface area contributed by atoms with Crippen LogP contribution in [0.5, 0.6) is 0 Å². The van der Waals surface area contributed by atoms with Crippen LogP contribution >= 0.6 is 11.8 Å². The van der Waals surface area contributed by atoms with Crippen molar-refractivity contribution in [1.29, 1.82) is 0 Å². The number of hydrogen-bond donors (Lipinski definition) is 1. The maximum atomic E-state index is 13.7. The van der Waals surface area contributed by atoms with Gasteiger partial charge in [-0.15, -0.1) is 11.8 Å². The summed E-state index contributed by atoms with van der Waals surface area (Å²) in [7, 11) is 0. The Hall–Kier alpha value is -3.13. The number of carbonyl (C=O) groups is 2. The molecule has 29 heavy (non-hydrogen) atoms. The van der Waals surface area contributed by atoms with Gasteiger partial charge in [-0.25, -0.2) is 8.78 Å². The molecule has 1 aliphatic rings. The van der Waals surface area contributed by atoms with Gasteiger partial charge < -0.3 is 14.6 Å². The third-order valence-electron chi connectivity index (χ3n) is 4.53. The summed E-state index contributed by atoms with van der Waals surface area (Å²) in [4.78, 5) is 26.3. The van der Waals surface area contributed by atoms with Gasteiger partial charge in [0, 0.05) is 5.56 Å². The summed E-state index contributed by atoms with van der Waals surface area (Å²) >= 11 is 1.49. The predicted octanol–water partition coefficient (Wildman–Crippen LogP) is 4.58. The van der Waals surface area contributed by atoms with E-state index in [0.717, 1.165) is 17.7 Å². The number of halogens is 2. The fraction of sp³-hybridized carbons (Fsp3) is 0.143. The lowest BCUT2D eigenvalue weighted by Gasteiger charge is -2.23. The van der Waals surface area contributed by atoms with Crippen molar-refractivity contribution in [2.45, 2.75) is 11.9 Å². The van der Waals surface area contributed by atoms with Crippen molar-refractivity contribution >= 4 is 29.3 Å². The van der Waals surface area contributed by atoms with Crippen molar-refractivity contribution < 1.29 is 22.8 Å². The zero-order valence-electron chi connectivity index (χ0n) is 15.1. The molecule has 1 N–H and O–H groups in total. The van der Waals surface area contributed by atoms with Gasteiger partial charge in [-0.1, -0.05) is 18.2 Å². The van der Waals surface area contributed by atoms with Crippen LogP contribution in [-0.4, -0.2) is 22.5 Å². The molecule has 0 saturated carbocycles. The van der Waals surface area contributed by atoms with Crippen LogP contribution in [0, 0.1) is 11.6 Å². The number of benzene rings is 2. The van der Waals surface area contributed by atoms with Crippen LogP contribution < -0.4 is 5.32 Å². The van der Waals surface area contributed by atoms with E-state index in [1.807, 2.05) is 6.07 Å². The summed E-state index contributed by atoms with van der Waals surface area (Å²) in [6.45, 7) is 0.359. The molecule has 1 aromatic heterocycles. The number of amides is 2. The number of carbonyl (C=O) groups excluding carboxylic acids is 2. The number of nitrogens with zero attached hydrogens (tertiary/aromatic N) is 1. The van der Waals surface area contributed by atoms with Crippen LogP contribution in [0.3, 0.4) is 0 Å². The lowest BCUT2D eigenvalue weighted by Crippen LogP contribution is -2.27. The van der Waals surface area contributed by atoms with Gasteiger partial charge in [-0.05, 0) is 42.0 Å². The second-order valence-electron chi connectivity index (χ2n) is 6.44. The second kappa shape index (κ2) is 8.08. The SMILES string of the molecule is O=C(Nc1c(F)cccc1F)c1ccc([C@@H]2SCC(=O)N2Cc2ccco2)cc1. The first-order chi connectivity index (χ1) is 14.0. The van der Waals surface area contributed by atoms with Gasteiger partial charge in [0.25, 0.3) is 5.91 Å². The van der Waals surface area contributed by atoms with Crippen LogP contribution in [0.15, 0.2) is 65.3 Å². The highest BCUT2D eigenvalue weighted by molar-refractivity contribution is 8.00. The number of para-hydroxylation sites is 1. The molecule has 1 fully saturated rings. The number of nitrogens with one attached hydrogen (secondary N) is 1. The summed E-state index contributed by atoms with van der Waals surface area (Å²) < 4.78 is 32.8. The summed E-state index contributed by atoms with van der Waals surface area (Å²) in [6.07, 6.45) is 1.56. The Bertz CT molecular complexity index is 1020. The number of rotatable bonds is 5. The fourth-order valence-electron chi connectivity index (χ4n) is 3.07. The van der Waals surface area contributed by atoms with Crippen molar-refractivity contribution in [3.63, 3.8) is 0 Å². The molecule has 2 heterocycles. The fourth-order valence-corrected chi connectivity index (χ4v) is 4.26. The number of furan rings is 1. The smallest absolute Gasteiger partial charge is 0.255 e. The van der Waals surface area contributed by atoms with Crippen LogP contribution in [0.4, 0.5) is 14.5 Å².